The van der Waals surface area contributed by atoms with E-state index in [0.717, 1.165) is 65.0 Å². The summed E-state index contributed by atoms with van der Waals surface area (Å²) in [5.41, 5.74) is 5.81. The average Bonchev–Trinajstić information content (AvgIpc) is 3.57. The van der Waals surface area contributed by atoms with Gasteiger partial charge in [0, 0.05) is 28.9 Å². The number of fused-ring (bicyclic) bond motifs is 2. The van der Waals surface area contributed by atoms with E-state index in [1.165, 1.54) is 12.1 Å². The summed E-state index contributed by atoms with van der Waals surface area (Å²) in [6.07, 6.45) is 9.07. The molecule has 1 saturated heterocycles. The summed E-state index contributed by atoms with van der Waals surface area (Å²) in [4.78, 5) is 21.5. The number of benzene rings is 1. The third kappa shape index (κ3) is 4.14. The molecule has 188 valence electrons. The topological polar surface area (TPSA) is 117 Å². The van der Waals surface area contributed by atoms with Crippen LogP contribution in [-0.2, 0) is 0 Å². The maximum atomic E-state index is 13.9. The highest BCUT2D eigenvalue weighted by Crippen LogP contribution is 2.32. The molecule has 0 atom stereocenters. The van der Waals surface area contributed by atoms with Crippen LogP contribution in [0.25, 0.3) is 56.0 Å². The second-order valence-electron chi connectivity index (χ2n) is 9.32. The molecule has 6 aromatic rings. The molecule has 0 aliphatic carbocycles. The number of aromatic amines is 2. The van der Waals surface area contributed by atoms with E-state index in [2.05, 4.69) is 35.5 Å². The van der Waals surface area contributed by atoms with Gasteiger partial charge in [0.2, 0.25) is 0 Å². The van der Waals surface area contributed by atoms with E-state index in [4.69, 9.17) is 9.72 Å². The van der Waals surface area contributed by atoms with E-state index in [-0.39, 0.29) is 11.9 Å². The molecule has 38 heavy (non-hydrogen) atoms. The second kappa shape index (κ2) is 9.31. The molecule has 0 radical (unpaired) electrons. The second-order valence-corrected chi connectivity index (χ2v) is 9.32. The van der Waals surface area contributed by atoms with Crippen LogP contribution in [0.2, 0.25) is 0 Å². The van der Waals surface area contributed by atoms with Crippen LogP contribution in [0.3, 0.4) is 0 Å². The number of piperidine rings is 1. The molecule has 0 spiro atoms. The van der Waals surface area contributed by atoms with Crippen LogP contribution in [0.15, 0.2) is 67.3 Å². The van der Waals surface area contributed by atoms with Crippen LogP contribution < -0.4 is 10.1 Å². The third-order valence-corrected chi connectivity index (χ3v) is 6.80. The van der Waals surface area contributed by atoms with Crippen molar-refractivity contribution in [1.29, 1.82) is 0 Å². The Morgan fingerprint density at radius 2 is 1.87 bits per heavy atom. The summed E-state index contributed by atoms with van der Waals surface area (Å²) in [6, 6.07) is 12.2. The number of hydrogen-bond acceptors (Lipinski definition) is 7. The summed E-state index contributed by atoms with van der Waals surface area (Å²) in [6.45, 7) is 1.92. The number of hydrogen-bond donors (Lipinski definition) is 3. The van der Waals surface area contributed by atoms with Gasteiger partial charge in [-0.25, -0.2) is 14.4 Å². The minimum absolute atomic E-state index is 0.183. The third-order valence-electron chi connectivity index (χ3n) is 6.80. The van der Waals surface area contributed by atoms with Gasteiger partial charge in [-0.2, -0.15) is 5.10 Å². The zero-order valence-electron chi connectivity index (χ0n) is 20.3. The summed E-state index contributed by atoms with van der Waals surface area (Å²) < 4.78 is 20.1. The minimum Gasteiger partial charge on any atom is -0.489 e. The van der Waals surface area contributed by atoms with Gasteiger partial charge in [-0.05, 0) is 61.8 Å². The van der Waals surface area contributed by atoms with Gasteiger partial charge in [-0.3, -0.25) is 15.1 Å². The van der Waals surface area contributed by atoms with Crippen molar-refractivity contribution in [3.05, 3.63) is 73.1 Å². The first-order chi connectivity index (χ1) is 18.7. The highest BCUT2D eigenvalue weighted by atomic mass is 19.1. The van der Waals surface area contributed by atoms with Gasteiger partial charge in [-0.15, -0.1) is 0 Å². The molecule has 5 aromatic heterocycles. The van der Waals surface area contributed by atoms with E-state index in [1.807, 2.05) is 24.3 Å². The number of ether oxygens (including phenoxy) is 1. The normalized spacial score (nSPS) is 14.3. The Morgan fingerprint density at radius 3 is 2.76 bits per heavy atom. The largest absolute Gasteiger partial charge is 0.489 e. The smallest absolute Gasteiger partial charge is 0.178 e. The Bertz CT molecular complexity index is 1770. The van der Waals surface area contributed by atoms with Crippen LogP contribution >= 0.6 is 0 Å². The standard InChI is InChI=1S/C28H23FN8O/c29-18-3-1-2-16(10-18)21-6-9-32-27-25(21)34-28(35-27)26-22-12-23(33-15-24(22)36-37-26)17-11-20(14-31-13-17)38-19-4-7-30-8-5-19/h1-3,6,9-15,19,30H,4-5,7-8H2,(H,36,37)(H,32,34,35). The van der Waals surface area contributed by atoms with Crippen LogP contribution in [0.1, 0.15) is 12.8 Å². The van der Waals surface area contributed by atoms with Gasteiger partial charge in [-0.1, -0.05) is 12.1 Å². The Balaban J connectivity index is 1.26. The Kier molecular flexibility index (Phi) is 5.51. The van der Waals surface area contributed by atoms with Crippen molar-refractivity contribution in [2.45, 2.75) is 18.9 Å². The number of pyridine rings is 3. The van der Waals surface area contributed by atoms with Gasteiger partial charge < -0.3 is 15.0 Å². The molecule has 1 aromatic carbocycles. The molecule has 0 saturated carbocycles. The van der Waals surface area contributed by atoms with E-state index in [1.54, 1.807) is 30.9 Å². The van der Waals surface area contributed by atoms with Crippen molar-refractivity contribution in [1.82, 2.24) is 40.4 Å². The highest BCUT2D eigenvalue weighted by Gasteiger charge is 2.18. The lowest BCUT2D eigenvalue weighted by atomic mass is 10.1. The molecule has 6 heterocycles. The SMILES string of the molecule is Fc1cccc(-c2ccnc3nc(-c4n[nH]c5cnc(-c6cncc(OC7CCNCC7)c6)cc45)[nH]c23)c1. The fourth-order valence-electron chi connectivity index (χ4n) is 4.90. The minimum atomic E-state index is -0.301. The van der Waals surface area contributed by atoms with Gasteiger partial charge in [0.05, 0.1) is 29.1 Å². The molecular weight excluding hydrogens is 483 g/mol. The predicted octanol–water partition coefficient (Wildman–Crippen LogP) is 4.90. The van der Waals surface area contributed by atoms with Crippen LogP contribution in [0.4, 0.5) is 4.39 Å². The molecule has 0 amide bonds. The van der Waals surface area contributed by atoms with Crippen molar-refractivity contribution >= 4 is 22.1 Å². The van der Waals surface area contributed by atoms with Gasteiger partial charge in [0.1, 0.15) is 23.4 Å². The fourth-order valence-corrected chi connectivity index (χ4v) is 4.90. The average molecular weight is 507 g/mol. The lowest BCUT2D eigenvalue weighted by Gasteiger charge is -2.23. The zero-order chi connectivity index (χ0) is 25.5. The molecule has 0 bridgehead atoms. The lowest BCUT2D eigenvalue weighted by molar-refractivity contribution is 0.162. The monoisotopic (exact) mass is 506 g/mol. The van der Waals surface area contributed by atoms with Gasteiger partial charge in [0.25, 0.3) is 0 Å². The molecule has 0 unspecified atom stereocenters. The van der Waals surface area contributed by atoms with E-state index in [9.17, 15) is 4.39 Å². The number of rotatable bonds is 5. The molecule has 1 aliphatic heterocycles. The zero-order valence-corrected chi connectivity index (χ0v) is 20.3. The predicted molar refractivity (Wildman–Crippen MR) is 142 cm³/mol. The summed E-state index contributed by atoms with van der Waals surface area (Å²) in [5.74, 6) is 0.989. The first-order valence-electron chi connectivity index (χ1n) is 12.5. The van der Waals surface area contributed by atoms with E-state index < -0.39 is 0 Å². The number of H-pyrrole nitrogens is 2. The quantitative estimate of drug-likeness (QED) is 0.305. The van der Waals surface area contributed by atoms with E-state index >= 15 is 0 Å². The summed E-state index contributed by atoms with van der Waals surface area (Å²) >= 11 is 0. The van der Waals surface area contributed by atoms with Crippen LogP contribution in [-0.4, -0.2) is 54.3 Å². The molecule has 3 N–H and O–H groups in total. The Morgan fingerprint density at radius 1 is 0.947 bits per heavy atom. The number of halogens is 1. The molecular formula is C28H23FN8O. The maximum absolute atomic E-state index is 13.9. The fraction of sp³-hybridized carbons (Fsp3) is 0.179. The van der Waals surface area contributed by atoms with Crippen molar-refractivity contribution in [2.24, 2.45) is 0 Å². The van der Waals surface area contributed by atoms with Crippen LogP contribution in [0, 0.1) is 5.82 Å². The molecule has 7 rings (SSSR count). The summed E-state index contributed by atoms with van der Waals surface area (Å²) in [7, 11) is 0. The molecule has 1 fully saturated rings. The number of aromatic nitrogens is 7. The van der Waals surface area contributed by atoms with E-state index in [0.29, 0.717) is 22.7 Å². The van der Waals surface area contributed by atoms with Crippen molar-refractivity contribution in [2.75, 3.05) is 13.1 Å². The van der Waals surface area contributed by atoms with Crippen molar-refractivity contribution < 1.29 is 9.13 Å². The first kappa shape index (κ1) is 22.5. The van der Waals surface area contributed by atoms with Crippen molar-refractivity contribution in [3.63, 3.8) is 0 Å². The molecule has 1 aliphatic rings. The first-order valence-corrected chi connectivity index (χ1v) is 12.5. The van der Waals surface area contributed by atoms with Gasteiger partial charge in [0.15, 0.2) is 11.5 Å². The lowest BCUT2D eigenvalue weighted by Crippen LogP contribution is -2.34. The molecule has 10 heteroatoms. The molecule has 9 nitrogen and oxygen atoms in total. The van der Waals surface area contributed by atoms with Crippen molar-refractivity contribution in [3.8, 4) is 39.7 Å². The number of imidazole rings is 1. The van der Waals surface area contributed by atoms with Gasteiger partial charge >= 0.3 is 0 Å². The maximum Gasteiger partial charge on any atom is 0.178 e. The highest BCUT2D eigenvalue weighted by molar-refractivity contribution is 5.96. The number of nitrogens with zero attached hydrogens (tertiary/aromatic N) is 5. The summed E-state index contributed by atoms with van der Waals surface area (Å²) in [5, 5.41) is 11.8. The number of nitrogens with one attached hydrogen (secondary N) is 3. The Hall–Kier alpha value is -4.70. The Labute approximate surface area is 216 Å². The van der Waals surface area contributed by atoms with Crippen LogP contribution in [0.5, 0.6) is 5.75 Å².